The largest absolute Gasteiger partial charge is 0.431 e. The second-order valence-electron chi connectivity index (χ2n) is 5.24. The highest BCUT2D eigenvalue weighted by Crippen LogP contribution is 2.30. The van der Waals surface area contributed by atoms with Gasteiger partial charge in [-0.25, -0.2) is 9.79 Å². The van der Waals surface area contributed by atoms with Crippen LogP contribution in [0.15, 0.2) is 65.3 Å². The Kier molecular flexibility index (Phi) is 5.25. The van der Waals surface area contributed by atoms with Gasteiger partial charge in [-0.2, -0.15) is 8.78 Å². The summed E-state index contributed by atoms with van der Waals surface area (Å²) >= 11 is 10.3. The molecule has 2 aromatic rings. The molecule has 0 bridgehead atoms. The van der Waals surface area contributed by atoms with Crippen molar-refractivity contribution in [2.24, 2.45) is 4.99 Å². The number of carbonyl (C=O) groups excluding carboxylic acids is 1. The van der Waals surface area contributed by atoms with Crippen LogP contribution >= 0.6 is 23.2 Å². The van der Waals surface area contributed by atoms with Gasteiger partial charge in [-0.15, -0.1) is 0 Å². The average molecular weight is 398 g/mol. The Morgan fingerprint density at radius 3 is 2.35 bits per heavy atom. The lowest BCUT2D eigenvalue weighted by Gasteiger charge is -2.18. The first-order valence-electron chi connectivity index (χ1n) is 7.38. The van der Waals surface area contributed by atoms with Gasteiger partial charge in [0.1, 0.15) is 5.75 Å². The second kappa shape index (κ2) is 7.43. The number of hydrogen-bond acceptors (Lipinski definition) is 4. The lowest BCUT2D eigenvalue weighted by atomic mass is 10.2. The molecule has 0 aliphatic carbocycles. The van der Waals surface area contributed by atoms with Crippen molar-refractivity contribution in [1.29, 1.82) is 0 Å². The first-order chi connectivity index (χ1) is 12.3. The summed E-state index contributed by atoms with van der Waals surface area (Å²) in [6.45, 7) is 0. The number of halogens is 4. The molecule has 0 unspecified atom stereocenters. The van der Waals surface area contributed by atoms with Crippen molar-refractivity contribution in [3.05, 3.63) is 71.4 Å². The topological polar surface area (TPSA) is 47.9 Å². The van der Waals surface area contributed by atoms with Gasteiger partial charge in [-0.05, 0) is 35.9 Å². The summed E-state index contributed by atoms with van der Waals surface area (Å²) < 4.78 is 36.3. The summed E-state index contributed by atoms with van der Waals surface area (Å²) in [5, 5.41) is 0. The number of rotatable bonds is 5. The molecule has 0 N–H and O–H groups in total. The van der Waals surface area contributed by atoms with Gasteiger partial charge in [-0.3, -0.25) is 0 Å². The van der Waals surface area contributed by atoms with Gasteiger partial charge in [0.2, 0.25) is 10.7 Å². The molecule has 26 heavy (non-hydrogen) atoms. The van der Waals surface area contributed by atoms with Crippen molar-refractivity contribution in [3.8, 4) is 5.75 Å². The molecule has 0 amide bonds. The zero-order valence-corrected chi connectivity index (χ0v) is 14.5. The molecule has 8 heteroatoms. The molecular weight excluding hydrogens is 387 g/mol. The van der Waals surface area contributed by atoms with E-state index in [9.17, 15) is 13.6 Å². The number of alkyl halides is 4. The molecule has 134 valence electrons. The molecule has 3 rings (SSSR count). The maximum absolute atomic E-state index is 13.3. The van der Waals surface area contributed by atoms with Gasteiger partial charge in [-0.1, -0.05) is 53.5 Å². The van der Waals surface area contributed by atoms with E-state index in [0.29, 0.717) is 11.1 Å². The molecule has 0 aromatic heterocycles. The van der Waals surface area contributed by atoms with E-state index in [0.717, 1.165) is 0 Å². The monoisotopic (exact) mass is 397 g/mol. The molecule has 4 nitrogen and oxygen atoms in total. The fourth-order valence-electron chi connectivity index (χ4n) is 2.10. The van der Waals surface area contributed by atoms with E-state index in [1.807, 2.05) is 6.07 Å². The number of hydrogen-bond donors (Lipinski definition) is 0. The molecule has 1 aliphatic rings. The Bertz CT molecular complexity index is 866. The highest BCUT2D eigenvalue weighted by molar-refractivity contribution is 6.44. The van der Waals surface area contributed by atoms with Gasteiger partial charge in [0, 0.05) is 5.56 Å². The minimum absolute atomic E-state index is 0.101. The van der Waals surface area contributed by atoms with Gasteiger partial charge in [0.05, 0.1) is 0 Å². The molecule has 0 saturated heterocycles. The Balaban J connectivity index is 1.78. The van der Waals surface area contributed by atoms with E-state index >= 15 is 0 Å². The summed E-state index contributed by atoms with van der Waals surface area (Å²) in [6, 6.07) is 14.5. The van der Waals surface area contributed by atoms with Crippen molar-refractivity contribution in [2.45, 2.75) is 10.9 Å². The predicted octanol–water partition coefficient (Wildman–Crippen LogP) is 4.81. The molecule has 0 fully saturated rings. The van der Waals surface area contributed by atoms with Crippen LogP contribution in [0.2, 0.25) is 0 Å². The predicted molar refractivity (Wildman–Crippen MR) is 94.6 cm³/mol. The van der Waals surface area contributed by atoms with Crippen LogP contribution < -0.4 is 4.74 Å². The van der Waals surface area contributed by atoms with E-state index in [4.69, 9.17) is 27.9 Å². The zero-order chi connectivity index (χ0) is 18.7. The normalized spacial score (nSPS) is 16.0. The number of nitrogens with zero attached hydrogens (tertiary/aromatic N) is 1. The first-order valence-corrected chi connectivity index (χ1v) is 8.25. The van der Waals surface area contributed by atoms with Gasteiger partial charge >= 0.3 is 12.1 Å². The zero-order valence-electron chi connectivity index (χ0n) is 13.0. The lowest BCUT2D eigenvalue weighted by Crippen LogP contribution is -2.32. The fourth-order valence-corrected chi connectivity index (χ4v) is 2.19. The smallest absolute Gasteiger partial charge is 0.428 e. The number of cyclic esters (lactones) is 1. The number of benzene rings is 2. The number of esters is 1. The van der Waals surface area contributed by atoms with Crippen LogP contribution in [-0.4, -0.2) is 22.8 Å². The Labute approximate surface area is 157 Å². The maximum atomic E-state index is 13.3. The molecule has 2 aromatic carbocycles. The van der Waals surface area contributed by atoms with E-state index in [2.05, 4.69) is 9.73 Å². The molecule has 0 atom stereocenters. The van der Waals surface area contributed by atoms with Crippen molar-refractivity contribution in [1.82, 2.24) is 0 Å². The highest BCUT2D eigenvalue weighted by Gasteiger charge is 2.40. The van der Waals surface area contributed by atoms with Crippen LogP contribution in [0.4, 0.5) is 8.78 Å². The minimum atomic E-state index is -3.72. The third kappa shape index (κ3) is 4.20. The average Bonchev–Trinajstić information content (AvgIpc) is 2.98. The van der Waals surface area contributed by atoms with Crippen molar-refractivity contribution >= 4 is 41.1 Å². The molecule has 0 spiro atoms. The van der Waals surface area contributed by atoms with Crippen LogP contribution in [0.3, 0.4) is 0 Å². The quantitative estimate of drug-likeness (QED) is 0.413. The Hall–Kier alpha value is -2.44. The van der Waals surface area contributed by atoms with Gasteiger partial charge in [0.15, 0.2) is 5.70 Å². The lowest BCUT2D eigenvalue weighted by molar-refractivity contribution is -0.163. The second-order valence-corrected chi connectivity index (χ2v) is 6.33. The third-order valence-corrected chi connectivity index (χ3v) is 3.84. The summed E-state index contributed by atoms with van der Waals surface area (Å²) in [6.07, 6.45) is -2.24. The standard InChI is InChI=1S/C18H11Cl2F2NO3/c19-17(20)18(21,22)26-13-8-6-11(7-9-13)10-14-16(24)25-15(23-14)12-4-2-1-3-5-12/h1-10,17H. The molecule has 1 heterocycles. The minimum Gasteiger partial charge on any atom is -0.431 e. The van der Waals surface area contributed by atoms with Crippen LogP contribution in [0.1, 0.15) is 11.1 Å². The molecule has 0 saturated carbocycles. The van der Waals surface area contributed by atoms with Crippen LogP contribution in [0.25, 0.3) is 6.08 Å². The van der Waals surface area contributed by atoms with Crippen LogP contribution in [-0.2, 0) is 9.53 Å². The van der Waals surface area contributed by atoms with Crippen LogP contribution in [0.5, 0.6) is 5.75 Å². The molecule has 0 radical (unpaired) electrons. The van der Waals surface area contributed by atoms with Crippen LogP contribution in [0, 0.1) is 0 Å². The summed E-state index contributed by atoms with van der Waals surface area (Å²) in [4.78, 5) is 14.1. The Morgan fingerprint density at radius 1 is 1.08 bits per heavy atom. The van der Waals surface area contributed by atoms with Crippen molar-refractivity contribution in [2.75, 3.05) is 0 Å². The first kappa shape index (κ1) is 18.4. The van der Waals surface area contributed by atoms with Gasteiger partial charge in [0.25, 0.3) is 0 Å². The van der Waals surface area contributed by atoms with Crippen molar-refractivity contribution in [3.63, 3.8) is 0 Å². The van der Waals surface area contributed by atoms with Gasteiger partial charge < -0.3 is 9.47 Å². The third-order valence-electron chi connectivity index (χ3n) is 3.33. The number of carbonyl (C=O) groups is 1. The Morgan fingerprint density at radius 2 is 1.73 bits per heavy atom. The molecule has 1 aliphatic heterocycles. The molecular formula is C18H11Cl2F2NO3. The summed E-state index contributed by atoms with van der Waals surface area (Å²) in [7, 11) is 0. The SMILES string of the molecule is O=C1OC(c2ccccc2)=NC1=Cc1ccc(OC(F)(F)C(Cl)Cl)cc1. The maximum Gasteiger partial charge on any atom is 0.428 e. The number of aliphatic imine (C=N–C) groups is 1. The van der Waals surface area contributed by atoms with E-state index in [1.165, 1.54) is 30.3 Å². The number of ether oxygens (including phenoxy) is 2. The fraction of sp³-hybridized carbons (Fsp3) is 0.111. The van der Waals surface area contributed by atoms with E-state index in [-0.39, 0.29) is 17.3 Å². The summed E-state index contributed by atoms with van der Waals surface area (Å²) in [5.41, 5.74) is 1.33. The van der Waals surface area contributed by atoms with E-state index in [1.54, 1.807) is 24.3 Å². The highest BCUT2D eigenvalue weighted by atomic mass is 35.5. The summed E-state index contributed by atoms with van der Waals surface area (Å²) in [5.74, 6) is -0.509. The van der Waals surface area contributed by atoms with Crippen molar-refractivity contribution < 1.29 is 23.0 Å². The van der Waals surface area contributed by atoms with E-state index < -0.39 is 16.9 Å².